The summed E-state index contributed by atoms with van der Waals surface area (Å²) in [6, 6.07) is 5.40. The maximum atomic E-state index is 13.6. The zero-order valence-electron chi connectivity index (χ0n) is 22.8. The Bertz CT molecular complexity index is 1540. The number of hydrogen-bond donors (Lipinski definition) is 9. The summed E-state index contributed by atoms with van der Waals surface area (Å²) in [6.07, 6.45) is -14.6. The van der Waals surface area contributed by atoms with Crippen LogP contribution < -0.4 is 10.2 Å². The minimum atomic E-state index is -1.89. The van der Waals surface area contributed by atoms with Gasteiger partial charge in [0.05, 0.1) is 12.2 Å². The first-order valence-corrected chi connectivity index (χ1v) is 13.4. The van der Waals surface area contributed by atoms with Crippen molar-refractivity contribution in [3.63, 3.8) is 0 Å². The van der Waals surface area contributed by atoms with Gasteiger partial charge in [0, 0.05) is 17.7 Å². The average Bonchev–Trinajstić information content (AvgIpc) is 2.96. The van der Waals surface area contributed by atoms with Gasteiger partial charge in [-0.2, -0.15) is 0 Å². The SMILES string of the molecule is CC[C@H]1O[C@@H](O[C@@H]2[C@@H](O)[C@@H](O)[C@@H](Oc3c(-c4ccc(O)c(O)c4)oc4cc(O)cc(O)c4c3=O)O[C@H]2C)[C@H](O)[C@@H](O)[C@@H]1O. The second-order valence-electron chi connectivity index (χ2n) is 10.5. The van der Waals surface area contributed by atoms with Crippen molar-refractivity contribution in [3.8, 4) is 40.1 Å². The van der Waals surface area contributed by atoms with Gasteiger partial charge in [0.25, 0.3) is 0 Å². The fourth-order valence-electron chi connectivity index (χ4n) is 5.16. The van der Waals surface area contributed by atoms with Crippen molar-refractivity contribution in [1.29, 1.82) is 0 Å². The Kier molecular flexibility index (Phi) is 8.43. The van der Waals surface area contributed by atoms with Gasteiger partial charge in [-0.3, -0.25) is 4.79 Å². The van der Waals surface area contributed by atoms with Crippen LogP contribution in [0, 0.1) is 0 Å². The maximum absolute atomic E-state index is 13.6. The molecule has 9 N–H and O–H groups in total. The van der Waals surface area contributed by atoms with Gasteiger partial charge in [0.2, 0.25) is 17.5 Å². The molecular weight excluding hydrogens is 576 g/mol. The van der Waals surface area contributed by atoms with Crippen molar-refractivity contribution in [1.82, 2.24) is 0 Å². The quantitative estimate of drug-likeness (QED) is 0.163. The maximum Gasteiger partial charge on any atom is 0.239 e. The van der Waals surface area contributed by atoms with E-state index in [0.717, 1.165) is 24.3 Å². The van der Waals surface area contributed by atoms with Crippen LogP contribution in [0.1, 0.15) is 20.3 Å². The molecule has 2 fully saturated rings. The number of phenolic OH excluding ortho intramolecular Hbond substituents is 4. The van der Waals surface area contributed by atoms with E-state index < -0.39 is 101 Å². The highest BCUT2D eigenvalue weighted by atomic mass is 16.7. The Morgan fingerprint density at radius 1 is 0.791 bits per heavy atom. The van der Waals surface area contributed by atoms with Gasteiger partial charge < -0.3 is 69.3 Å². The standard InChI is InChI=1S/C28H32O15/c1-3-15-18(33)20(35)22(37)28(41-15)42-24-9(2)39-27(23(38)21(24)36)43-26-19(34)17-14(32)7-11(29)8-16(17)40-25(26)10-4-5-12(30)13(31)6-10/h4-9,15,18,20-24,27-33,35-38H,3H2,1-2H3/t9-,15+,18+,20-,21-,22+,23+,24-,27+,28-/m0/s1. The second kappa shape index (κ2) is 11.8. The van der Waals surface area contributed by atoms with E-state index >= 15 is 0 Å². The van der Waals surface area contributed by atoms with Crippen LogP contribution in [0.15, 0.2) is 39.5 Å². The zero-order valence-corrected chi connectivity index (χ0v) is 22.8. The number of rotatable bonds is 6. The van der Waals surface area contributed by atoms with Crippen LogP contribution in [-0.4, -0.2) is 107 Å². The van der Waals surface area contributed by atoms with Gasteiger partial charge in [-0.15, -0.1) is 0 Å². The van der Waals surface area contributed by atoms with Crippen LogP contribution in [0.4, 0.5) is 0 Å². The Morgan fingerprint density at radius 3 is 2.16 bits per heavy atom. The average molecular weight is 609 g/mol. The molecule has 2 aliphatic rings. The molecule has 0 amide bonds. The van der Waals surface area contributed by atoms with E-state index in [0.29, 0.717) is 0 Å². The molecule has 15 heteroatoms. The highest BCUT2D eigenvalue weighted by molar-refractivity contribution is 5.88. The largest absolute Gasteiger partial charge is 0.508 e. The lowest BCUT2D eigenvalue weighted by molar-refractivity contribution is -0.347. The van der Waals surface area contributed by atoms with Gasteiger partial charge in [-0.1, -0.05) is 6.92 Å². The van der Waals surface area contributed by atoms with E-state index in [2.05, 4.69) is 0 Å². The van der Waals surface area contributed by atoms with Gasteiger partial charge in [-0.05, 0) is 31.5 Å². The first kappa shape index (κ1) is 30.8. The van der Waals surface area contributed by atoms with E-state index in [9.17, 15) is 50.8 Å². The Morgan fingerprint density at radius 2 is 1.49 bits per heavy atom. The number of ether oxygens (including phenoxy) is 4. The molecule has 234 valence electrons. The number of aliphatic hydroxyl groups excluding tert-OH is 5. The molecule has 0 radical (unpaired) electrons. The highest BCUT2D eigenvalue weighted by Crippen LogP contribution is 2.39. The van der Waals surface area contributed by atoms with Crippen molar-refractivity contribution < 1.29 is 69.3 Å². The van der Waals surface area contributed by atoms with Crippen molar-refractivity contribution in [2.45, 2.75) is 81.7 Å². The normalized spacial score (nSPS) is 33.0. The summed E-state index contributed by atoms with van der Waals surface area (Å²) in [5.41, 5.74) is -1.20. The molecule has 2 aliphatic heterocycles. The third-order valence-electron chi connectivity index (χ3n) is 7.53. The van der Waals surface area contributed by atoms with E-state index in [1.807, 2.05) is 0 Å². The van der Waals surface area contributed by atoms with Gasteiger partial charge in [0.1, 0.15) is 59.1 Å². The third kappa shape index (κ3) is 5.57. The molecule has 5 rings (SSSR count). The summed E-state index contributed by atoms with van der Waals surface area (Å²) in [5, 5.41) is 92.3. The minimum Gasteiger partial charge on any atom is -0.508 e. The van der Waals surface area contributed by atoms with Crippen molar-refractivity contribution in [2.24, 2.45) is 0 Å². The molecular formula is C28H32O15. The van der Waals surface area contributed by atoms with Crippen molar-refractivity contribution in [3.05, 3.63) is 40.6 Å². The first-order chi connectivity index (χ1) is 20.3. The monoisotopic (exact) mass is 608 g/mol. The van der Waals surface area contributed by atoms with Crippen molar-refractivity contribution in [2.75, 3.05) is 0 Å². The molecule has 0 saturated carbocycles. The number of fused-ring (bicyclic) bond motifs is 1. The molecule has 15 nitrogen and oxygen atoms in total. The molecule has 2 saturated heterocycles. The molecule has 0 bridgehead atoms. The number of aromatic hydroxyl groups is 4. The van der Waals surface area contributed by atoms with Crippen LogP contribution in [-0.2, 0) is 14.2 Å². The molecule has 0 aliphatic carbocycles. The minimum absolute atomic E-state index is 0.0156. The van der Waals surface area contributed by atoms with Crippen LogP contribution >= 0.6 is 0 Å². The number of hydrogen-bond acceptors (Lipinski definition) is 15. The summed E-state index contributed by atoms with van der Waals surface area (Å²) in [5.74, 6) is -3.07. The fourth-order valence-corrected chi connectivity index (χ4v) is 5.16. The number of aliphatic hydroxyl groups is 5. The Balaban J connectivity index is 1.47. The predicted octanol–water partition coefficient (Wildman–Crippen LogP) is -0.269. The zero-order chi connectivity index (χ0) is 31.3. The molecule has 0 spiro atoms. The summed E-state index contributed by atoms with van der Waals surface area (Å²) >= 11 is 0. The van der Waals surface area contributed by atoms with Gasteiger partial charge >= 0.3 is 0 Å². The fraction of sp³-hybridized carbons (Fsp3) is 0.464. The van der Waals surface area contributed by atoms with Crippen LogP contribution in [0.3, 0.4) is 0 Å². The van der Waals surface area contributed by atoms with Crippen LogP contribution in [0.2, 0.25) is 0 Å². The summed E-state index contributed by atoms with van der Waals surface area (Å²) in [7, 11) is 0. The van der Waals surface area contributed by atoms with Crippen molar-refractivity contribution >= 4 is 11.0 Å². The topological polar surface area (TPSA) is 249 Å². The van der Waals surface area contributed by atoms with Gasteiger partial charge in [-0.25, -0.2) is 0 Å². The summed E-state index contributed by atoms with van der Waals surface area (Å²) in [6.45, 7) is 3.12. The number of benzene rings is 2. The third-order valence-corrected chi connectivity index (χ3v) is 7.53. The summed E-state index contributed by atoms with van der Waals surface area (Å²) in [4.78, 5) is 13.6. The second-order valence-corrected chi connectivity index (χ2v) is 10.5. The smallest absolute Gasteiger partial charge is 0.239 e. The molecule has 3 aromatic rings. The lowest BCUT2D eigenvalue weighted by Gasteiger charge is -2.45. The summed E-state index contributed by atoms with van der Waals surface area (Å²) < 4.78 is 28.5. The predicted molar refractivity (Wildman–Crippen MR) is 143 cm³/mol. The molecule has 1 aromatic heterocycles. The Labute approximate surface area is 242 Å². The lowest BCUT2D eigenvalue weighted by Crippen LogP contribution is -2.63. The first-order valence-electron chi connectivity index (χ1n) is 13.4. The molecule has 10 atom stereocenters. The van der Waals surface area contributed by atoms with Crippen LogP contribution in [0.5, 0.6) is 28.7 Å². The van der Waals surface area contributed by atoms with E-state index in [1.54, 1.807) is 6.92 Å². The van der Waals surface area contributed by atoms with Crippen LogP contribution in [0.25, 0.3) is 22.3 Å². The van der Waals surface area contributed by atoms with E-state index in [-0.39, 0.29) is 23.3 Å². The highest BCUT2D eigenvalue weighted by Gasteiger charge is 2.50. The molecule has 43 heavy (non-hydrogen) atoms. The molecule has 3 heterocycles. The lowest BCUT2D eigenvalue weighted by atomic mass is 9.96. The number of phenols is 4. The van der Waals surface area contributed by atoms with E-state index in [1.165, 1.54) is 13.0 Å². The Hall–Kier alpha value is -3.67. The molecule has 2 aromatic carbocycles. The van der Waals surface area contributed by atoms with Gasteiger partial charge in [0.15, 0.2) is 23.5 Å². The van der Waals surface area contributed by atoms with E-state index in [4.69, 9.17) is 23.4 Å². The molecule has 0 unspecified atom stereocenters.